The van der Waals surface area contributed by atoms with Gasteiger partial charge in [0.2, 0.25) is 0 Å². The number of nitrogens with one attached hydrogen (secondary N) is 2. The highest BCUT2D eigenvalue weighted by atomic mass is 32.2. The second-order valence-electron chi connectivity index (χ2n) is 3.04. The molecule has 1 rings (SSSR count). The zero-order chi connectivity index (χ0) is 10.1. The Labute approximate surface area is 83.3 Å². The standard InChI is InChI=1S/C6H13N3O2S2/c1-8-13(10,11)9-5(6(7)12)4-2-3-4/h4-5,8-9H,2-3H2,1H3,(H2,7,12). The third-order valence-corrected chi connectivity index (χ3v) is 3.31. The fourth-order valence-corrected chi connectivity index (χ4v) is 2.14. The fraction of sp³-hybridized carbons (Fsp3) is 0.833. The van der Waals surface area contributed by atoms with Crippen LogP contribution in [-0.4, -0.2) is 26.5 Å². The van der Waals surface area contributed by atoms with Gasteiger partial charge in [0, 0.05) is 7.05 Å². The minimum absolute atomic E-state index is 0.210. The summed E-state index contributed by atoms with van der Waals surface area (Å²) >= 11 is 4.77. The molecule has 0 radical (unpaired) electrons. The van der Waals surface area contributed by atoms with Crippen LogP contribution in [0.15, 0.2) is 0 Å². The lowest BCUT2D eigenvalue weighted by molar-refractivity contribution is 0.557. The van der Waals surface area contributed by atoms with Crippen LogP contribution in [0, 0.1) is 5.92 Å². The lowest BCUT2D eigenvalue weighted by atomic mass is 10.2. The number of rotatable bonds is 5. The maximum Gasteiger partial charge on any atom is 0.277 e. The molecule has 7 heteroatoms. The summed E-state index contributed by atoms with van der Waals surface area (Å²) in [4.78, 5) is 0.210. The van der Waals surface area contributed by atoms with Crippen molar-refractivity contribution in [2.45, 2.75) is 18.9 Å². The van der Waals surface area contributed by atoms with Crippen molar-refractivity contribution in [3.8, 4) is 0 Å². The molecule has 5 nitrogen and oxygen atoms in total. The smallest absolute Gasteiger partial charge is 0.277 e. The van der Waals surface area contributed by atoms with E-state index in [-0.39, 0.29) is 10.9 Å². The van der Waals surface area contributed by atoms with Crippen molar-refractivity contribution >= 4 is 27.4 Å². The third kappa shape index (κ3) is 3.18. The second kappa shape index (κ2) is 3.87. The first-order valence-corrected chi connectivity index (χ1v) is 5.85. The first-order valence-electron chi connectivity index (χ1n) is 3.96. The molecule has 0 aliphatic heterocycles. The Hall–Kier alpha value is -0.240. The Balaban J connectivity index is 2.62. The Morgan fingerprint density at radius 1 is 1.62 bits per heavy atom. The highest BCUT2D eigenvalue weighted by molar-refractivity contribution is 7.87. The van der Waals surface area contributed by atoms with Crippen molar-refractivity contribution in [2.75, 3.05) is 7.05 Å². The average Bonchev–Trinajstić information content (AvgIpc) is 2.82. The molecule has 4 N–H and O–H groups in total. The van der Waals surface area contributed by atoms with Gasteiger partial charge in [-0.05, 0) is 18.8 Å². The molecule has 13 heavy (non-hydrogen) atoms. The van der Waals surface area contributed by atoms with Crippen LogP contribution < -0.4 is 15.2 Å². The van der Waals surface area contributed by atoms with Crippen molar-refractivity contribution in [3.05, 3.63) is 0 Å². The molecule has 76 valence electrons. The van der Waals surface area contributed by atoms with Gasteiger partial charge in [0.15, 0.2) is 0 Å². The van der Waals surface area contributed by atoms with Crippen molar-refractivity contribution in [1.29, 1.82) is 0 Å². The van der Waals surface area contributed by atoms with Gasteiger partial charge in [0.05, 0.1) is 11.0 Å². The number of thiocarbonyl (C=S) groups is 1. The maximum absolute atomic E-state index is 11.1. The van der Waals surface area contributed by atoms with Crippen LogP contribution in [0.2, 0.25) is 0 Å². The monoisotopic (exact) mass is 223 g/mol. The molecule has 0 heterocycles. The van der Waals surface area contributed by atoms with Crippen LogP contribution in [0.4, 0.5) is 0 Å². The minimum atomic E-state index is -3.44. The Morgan fingerprint density at radius 3 is 2.46 bits per heavy atom. The molecular weight excluding hydrogens is 210 g/mol. The van der Waals surface area contributed by atoms with E-state index in [0.717, 1.165) is 12.8 Å². The van der Waals surface area contributed by atoms with E-state index >= 15 is 0 Å². The largest absolute Gasteiger partial charge is 0.392 e. The summed E-state index contributed by atoms with van der Waals surface area (Å²) in [7, 11) is -2.10. The van der Waals surface area contributed by atoms with Gasteiger partial charge in [0.25, 0.3) is 10.2 Å². The molecule has 0 amide bonds. The number of nitrogens with two attached hydrogens (primary N) is 1. The quantitative estimate of drug-likeness (QED) is 0.528. The van der Waals surface area contributed by atoms with Gasteiger partial charge in [-0.1, -0.05) is 12.2 Å². The average molecular weight is 223 g/mol. The van der Waals surface area contributed by atoms with E-state index in [0.29, 0.717) is 0 Å². The van der Waals surface area contributed by atoms with E-state index in [2.05, 4.69) is 9.44 Å². The molecule has 0 saturated heterocycles. The molecular formula is C6H13N3O2S2. The van der Waals surface area contributed by atoms with Crippen LogP contribution >= 0.6 is 12.2 Å². The molecule has 1 atom stereocenters. The van der Waals surface area contributed by atoms with Crippen LogP contribution in [0.1, 0.15) is 12.8 Å². The van der Waals surface area contributed by atoms with E-state index < -0.39 is 16.3 Å². The van der Waals surface area contributed by atoms with Crippen LogP contribution in [0.3, 0.4) is 0 Å². The van der Waals surface area contributed by atoms with Gasteiger partial charge in [-0.3, -0.25) is 0 Å². The first kappa shape index (κ1) is 10.8. The fourth-order valence-electron chi connectivity index (χ4n) is 1.04. The predicted octanol–water partition coefficient (Wildman–Crippen LogP) is -0.895. The van der Waals surface area contributed by atoms with E-state index in [1.165, 1.54) is 7.05 Å². The Kier molecular flexibility index (Phi) is 3.23. The molecule has 1 aliphatic rings. The van der Waals surface area contributed by atoms with Crippen molar-refractivity contribution < 1.29 is 8.42 Å². The van der Waals surface area contributed by atoms with Crippen molar-refractivity contribution in [2.24, 2.45) is 11.7 Å². The first-order chi connectivity index (χ1) is 5.96. The zero-order valence-electron chi connectivity index (χ0n) is 7.28. The zero-order valence-corrected chi connectivity index (χ0v) is 8.91. The summed E-state index contributed by atoms with van der Waals surface area (Å²) in [5.41, 5.74) is 5.42. The van der Waals surface area contributed by atoms with Gasteiger partial charge >= 0.3 is 0 Å². The molecule has 0 aromatic rings. The van der Waals surface area contributed by atoms with Crippen LogP contribution in [0.5, 0.6) is 0 Å². The third-order valence-electron chi connectivity index (χ3n) is 1.95. The van der Waals surface area contributed by atoms with E-state index in [4.69, 9.17) is 18.0 Å². The summed E-state index contributed by atoms with van der Waals surface area (Å²) in [6.07, 6.45) is 1.96. The van der Waals surface area contributed by atoms with Crippen LogP contribution in [-0.2, 0) is 10.2 Å². The lowest BCUT2D eigenvalue weighted by Gasteiger charge is -2.15. The molecule has 0 aromatic heterocycles. The van der Waals surface area contributed by atoms with Crippen molar-refractivity contribution in [3.63, 3.8) is 0 Å². The summed E-state index contributed by atoms with van der Waals surface area (Å²) in [5.74, 6) is 0.278. The second-order valence-corrected chi connectivity index (χ2v) is 5.17. The van der Waals surface area contributed by atoms with Crippen molar-refractivity contribution in [1.82, 2.24) is 9.44 Å². The summed E-state index contributed by atoms with van der Waals surface area (Å²) in [5, 5.41) is 0. The SMILES string of the molecule is CNS(=O)(=O)NC(C(N)=S)C1CC1. The van der Waals surface area contributed by atoms with Gasteiger partial charge in [-0.15, -0.1) is 0 Å². The van der Waals surface area contributed by atoms with E-state index in [1.807, 2.05) is 0 Å². The molecule has 0 bridgehead atoms. The Bertz CT molecular complexity index is 297. The minimum Gasteiger partial charge on any atom is -0.392 e. The lowest BCUT2D eigenvalue weighted by Crippen LogP contribution is -2.48. The van der Waals surface area contributed by atoms with Crippen LogP contribution in [0.25, 0.3) is 0 Å². The summed E-state index contributed by atoms with van der Waals surface area (Å²) in [6, 6.07) is -0.396. The Morgan fingerprint density at radius 2 is 2.15 bits per heavy atom. The molecule has 1 fully saturated rings. The van der Waals surface area contributed by atoms with Gasteiger partial charge in [0.1, 0.15) is 0 Å². The predicted molar refractivity (Wildman–Crippen MR) is 54.4 cm³/mol. The van der Waals surface area contributed by atoms with Gasteiger partial charge < -0.3 is 5.73 Å². The number of hydrogen-bond donors (Lipinski definition) is 3. The molecule has 0 aromatic carbocycles. The van der Waals surface area contributed by atoms with Gasteiger partial charge in [-0.25, -0.2) is 4.72 Å². The molecule has 1 aliphatic carbocycles. The molecule has 1 unspecified atom stereocenters. The highest BCUT2D eigenvalue weighted by Gasteiger charge is 2.35. The summed E-state index contributed by atoms with van der Waals surface area (Å²) in [6.45, 7) is 0. The van der Waals surface area contributed by atoms with E-state index in [1.54, 1.807) is 0 Å². The summed E-state index contributed by atoms with van der Waals surface area (Å²) < 4.78 is 26.8. The van der Waals surface area contributed by atoms with Gasteiger partial charge in [-0.2, -0.15) is 13.1 Å². The van der Waals surface area contributed by atoms with E-state index in [9.17, 15) is 8.42 Å². The molecule has 0 spiro atoms. The highest BCUT2D eigenvalue weighted by Crippen LogP contribution is 2.32. The maximum atomic E-state index is 11.1. The normalized spacial score (nSPS) is 19.8. The number of hydrogen-bond acceptors (Lipinski definition) is 3. The molecule has 1 saturated carbocycles. The topological polar surface area (TPSA) is 84.2 Å².